The number of hydrogen-bond acceptors (Lipinski definition) is 7. The van der Waals surface area contributed by atoms with Crippen LogP contribution < -0.4 is 5.32 Å². The second kappa shape index (κ2) is 10.4. The molecule has 0 amide bonds. The van der Waals surface area contributed by atoms with E-state index in [0.717, 1.165) is 32.5 Å². The van der Waals surface area contributed by atoms with Gasteiger partial charge in [-0.1, -0.05) is 56.3 Å². The van der Waals surface area contributed by atoms with E-state index in [4.69, 9.17) is 4.74 Å². The largest absolute Gasteiger partial charge is 0.462 e. The molecule has 0 aliphatic rings. The topological polar surface area (TPSA) is 64.1 Å². The van der Waals surface area contributed by atoms with E-state index < -0.39 is 0 Å². The summed E-state index contributed by atoms with van der Waals surface area (Å²) in [7, 11) is 0. The van der Waals surface area contributed by atoms with Gasteiger partial charge in [-0.15, -0.1) is 22.7 Å². The second-order valence-corrected chi connectivity index (χ2v) is 11.1. The molecular formula is C30H29N3O2S2. The van der Waals surface area contributed by atoms with Crippen LogP contribution in [0.2, 0.25) is 0 Å². The monoisotopic (exact) mass is 527 g/mol. The summed E-state index contributed by atoms with van der Waals surface area (Å²) >= 11 is 3.07. The summed E-state index contributed by atoms with van der Waals surface area (Å²) in [5.41, 5.74) is 8.25. The molecule has 0 aliphatic carbocycles. The number of anilines is 2. The lowest BCUT2D eigenvalue weighted by Gasteiger charge is -2.11. The number of carbonyl (C=O) groups excluding carboxylic acids is 1. The number of fused-ring (bicyclic) bond motifs is 1. The summed E-state index contributed by atoms with van der Waals surface area (Å²) in [5.74, 6) is 0.799. The SMILES string of the molecule is CCOC(=O)c1c(-c2ccc(C)c(C)c2)csc1Nc1ncnc2scc(-c3ccc(C(C)C)cc3)c12. The van der Waals surface area contributed by atoms with Crippen LogP contribution in [0.15, 0.2) is 59.6 Å². The van der Waals surface area contributed by atoms with Gasteiger partial charge in [0.2, 0.25) is 0 Å². The van der Waals surface area contributed by atoms with Crippen LogP contribution in [0.4, 0.5) is 10.8 Å². The minimum atomic E-state index is -0.348. The van der Waals surface area contributed by atoms with Crippen molar-refractivity contribution < 1.29 is 9.53 Å². The van der Waals surface area contributed by atoms with Crippen molar-refractivity contribution in [2.45, 2.75) is 40.5 Å². The fraction of sp³-hybridized carbons (Fsp3) is 0.233. The molecule has 188 valence electrons. The standard InChI is InChI=1S/C30H29N3O2S2/c1-6-35-30(34)26-24(22-8-7-18(4)19(5)13-22)15-37-29(26)33-27-25-23(14-36-28(25)32-16-31-27)21-11-9-20(10-12-21)17(2)3/h7-17H,6H2,1-5H3,(H,31,32,33). The Morgan fingerprint density at radius 3 is 2.38 bits per heavy atom. The highest BCUT2D eigenvalue weighted by Gasteiger charge is 2.23. The molecule has 0 saturated heterocycles. The van der Waals surface area contributed by atoms with Crippen molar-refractivity contribution in [1.29, 1.82) is 0 Å². The first-order valence-corrected chi connectivity index (χ1v) is 14.1. The average molecular weight is 528 g/mol. The lowest BCUT2D eigenvalue weighted by molar-refractivity contribution is 0.0529. The van der Waals surface area contributed by atoms with Crippen LogP contribution in [0.25, 0.3) is 32.5 Å². The molecule has 3 heterocycles. The third-order valence-corrected chi connectivity index (χ3v) is 8.36. The molecule has 5 rings (SSSR count). The molecule has 0 aliphatic heterocycles. The number of aromatic nitrogens is 2. The highest BCUT2D eigenvalue weighted by atomic mass is 32.1. The van der Waals surface area contributed by atoms with Crippen LogP contribution in [0.3, 0.4) is 0 Å². The number of aryl methyl sites for hydroxylation is 2. The zero-order valence-electron chi connectivity index (χ0n) is 21.6. The number of hydrogen-bond donors (Lipinski definition) is 1. The van der Waals surface area contributed by atoms with Gasteiger partial charge in [0, 0.05) is 21.9 Å². The Labute approximate surface area is 225 Å². The zero-order valence-corrected chi connectivity index (χ0v) is 23.2. The molecule has 1 N–H and O–H groups in total. The number of ether oxygens (including phenoxy) is 1. The molecule has 0 atom stereocenters. The molecule has 37 heavy (non-hydrogen) atoms. The average Bonchev–Trinajstić information content (AvgIpc) is 3.51. The number of nitrogens with one attached hydrogen (secondary N) is 1. The van der Waals surface area contributed by atoms with Crippen molar-refractivity contribution >= 4 is 49.7 Å². The Kier molecular flexibility index (Phi) is 7.09. The summed E-state index contributed by atoms with van der Waals surface area (Å²) in [6.45, 7) is 10.7. The summed E-state index contributed by atoms with van der Waals surface area (Å²) in [5, 5.41) is 9.25. The Balaban J connectivity index is 1.60. The number of nitrogens with zero attached hydrogens (tertiary/aromatic N) is 2. The molecule has 5 nitrogen and oxygen atoms in total. The maximum Gasteiger partial charge on any atom is 0.341 e. The van der Waals surface area contributed by atoms with Crippen molar-refractivity contribution in [3.05, 3.63) is 81.8 Å². The van der Waals surface area contributed by atoms with E-state index in [1.54, 1.807) is 17.7 Å². The van der Waals surface area contributed by atoms with Crippen LogP contribution in [0, 0.1) is 13.8 Å². The molecule has 0 fully saturated rings. The highest BCUT2D eigenvalue weighted by Crippen LogP contribution is 2.42. The lowest BCUT2D eigenvalue weighted by Crippen LogP contribution is -2.08. The van der Waals surface area contributed by atoms with E-state index in [1.807, 2.05) is 12.3 Å². The maximum atomic E-state index is 13.2. The fourth-order valence-electron chi connectivity index (χ4n) is 4.31. The van der Waals surface area contributed by atoms with E-state index >= 15 is 0 Å². The van der Waals surface area contributed by atoms with Crippen LogP contribution in [-0.4, -0.2) is 22.5 Å². The second-order valence-electron chi connectivity index (χ2n) is 9.33. The number of carbonyl (C=O) groups is 1. The Morgan fingerprint density at radius 1 is 0.946 bits per heavy atom. The molecule has 3 aromatic heterocycles. The number of benzene rings is 2. The molecule has 0 unspecified atom stereocenters. The Bertz CT molecular complexity index is 1580. The quantitative estimate of drug-likeness (QED) is 0.214. The van der Waals surface area contributed by atoms with Gasteiger partial charge in [0.05, 0.1) is 12.0 Å². The molecule has 0 saturated carbocycles. The highest BCUT2D eigenvalue weighted by molar-refractivity contribution is 7.17. The predicted molar refractivity (Wildman–Crippen MR) is 155 cm³/mol. The normalized spacial score (nSPS) is 11.3. The van der Waals surface area contributed by atoms with E-state index in [2.05, 4.69) is 90.8 Å². The zero-order chi connectivity index (χ0) is 26.1. The molecule has 0 radical (unpaired) electrons. The van der Waals surface area contributed by atoms with Gasteiger partial charge in [0.1, 0.15) is 27.5 Å². The lowest BCUT2D eigenvalue weighted by atomic mass is 9.99. The van der Waals surface area contributed by atoms with E-state index in [1.165, 1.54) is 28.0 Å². The van der Waals surface area contributed by atoms with Crippen LogP contribution in [0.1, 0.15) is 53.7 Å². The number of rotatable bonds is 7. The Morgan fingerprint density at radius 2 is 1.68 bits per heavy atom. The van der Waals surface area contributed by atoms with Crippen molar-refractivity contribution in [3.63, 3.8) is 0 Å². The molecule has 5 aromatic rings. The summed E-state index contributed by atoms with van der Waals surface area (Å²) in [6.07, 6.45) is 1.56. The maximum absolute atomic E-state index is 13.2. The van der Waals surface area contributed by atoms with E-state index in [-0.39, 0.29) is 5.97 Å². The van der Waals surface area contributed by atoms with Gasteiger partial charge in [0.25, 0.3) is 0 Å². The first-order valence-electron chi connectivity index (χ1n) is 12.3. The van der Waals surface area contributed by atoms with Gasteiger partial charge in [-0.3, -0.25) is 0 Å². The summed E-state index contributed by atoms with van der Waals surface area (Å²) in [4.78, 5) is 23.2. The summed E-state index contributed by atoms with van der Waals surface area (Å²) < 4.78 is 5.47. The van der Waals surface area contributed by atoms with E-state index in [9.17, 15) is 4.79 Å². The van der Waals surface area contributed by atoms with Gasteiger partial charge < -0.3 is 10.1 Å². The fourth-order valence-corrected chi connectivity index (χ4v) is 6.19. The van der Waals surface area contributed by atoms with Crippen LogP contribution in [-0.2, 0) is 4.74 Å². The van der Waals surface area contributed by atoms with Crippen molar-refractivity contribution in [2.24, 2.45) is 0 Å². The smallest absolute Gasteiger partial charge is 0.341 e. The minimum absolute atomic E-state index is 0.305. The van der Waals surface area contributed by atoms with Gasteiger partial charge in [-0.05, 0) is 54.5 Å². The first kappa shape index (κ1) is 25.1. The predicted octanol–water partition coefficient (Wildman–Crippen LogP) is 8.75. The molecule has 0 bridgehead atoms. The first-order chi connectivity index (χ1) is 17.9. The molecule has 2 aromatic carbocycles. The van der Waals surface area contributed by atoms with Gasteiger partial charge in [-0.25, -0.2) is 14.8 Å². The molecule has 0 spiro atoms. The van der Waals surface area contributed by atoms with Gasteiger partial charge >= 0.3 is 5.97 Å². The Hall–Kier alpha value is -3.55. The third-order valence-electron chi connectivity index (χ3n) is 6.58. The van der Waals surface area contributed by atoms with Crippen molar-refractivity contribution in [3.8, 4) is 22.3 Å². The summed E-state index contributed by atoms with van der Waals surface area (Å²) in [6, 6.07) is 14.9. The van der Waals surface area contributed by atoms with Crippen molar-refractivity contribution in [2.75, 3.05) is 11.9 Å². The van der Waals surface area contributed by atoms with Crippen LogP contribution >= 0.6 is 22.7 Å². The molecular weight excluding hydrogens is 498 g/mol. The van der Waals surface area contributed by atoms with Gasteiger partial charge in [-0.2, -0.15) is 0 Å². The number of thiophene rings is 2. The number of esters is 1. The minimum Gasteiger partial charge on any atom is -0.462 e. The van der Waals surface area contributed by atoms with Crippen LogP contribution in [0.5, 0.6) is 0 Å². The van der Waals surface area contributed by atoms with Crippen molar-refractivity contribution in [1.82, 2.24) is 9.97 Å². The van der Waals surface area contributed by atoms with Gasteiger partial charge in [0.15, 0.2) is 0 Å². The third kappa shape index (κ3) is 4.89. The molecule has 7 heteroatoms. The van der Waals surface area contributed by atoms with E-state index in [0.29, 0.717) is 28.9 Å².